The molecule has 1 N–H and O–H groups in total. The van der Waals surface area contributed by atoms with Crippen molar-refractivity contribution in [2.45, 2.75) is 18.9 Å². The molecule has 2 rings (SSSR count). The predicted octanol–water partition coefficient (Wildman–Crippen LogP) is 4.54. The summed E-state index contributed by atoms with van der Waals surface area (Å²) < 4.78 is 50.3. The quantitative estimate of drug-likeness (QED) is 0.799. The summed E-state index contributed by atoms with van der Waals surface area (Å²) >= 11 is 7.46. The van der Waals surface area contributed by atoms with Gasteiger partial charge in [0.2, 0.25) is 0 Å². The summed E-state index contributed by atoms with van der Waals surface area (Å²) in [6, 6.07) is 7.36. The van der Waals surface area contributed by atoms with Crippen LogP contribution in [0, 0.1) is 0 Å². The molecular weight excluding hydrogens is 302 g/mol. The third kappa shape index (κ3) is 3.19. The van der Waals surface area contributed by atoms with Gasteiger partial charge < -0.3 is 5.32 Å². The van der Waals surface area contributed by atoms with Crippen molar-refractivity contribution in [3.05, 3.63) is 34.2 Å². The highest BCUT2D eigenvalue weighted by atomic mass is 35.5. The van der Waals surface area contributed by atoms with Crippen LogP contribution in [0.15, 0.2) is 24.3 Å². The smallest absolute Gasteiger partial charge is 0.306 e. The third-order valence-electron chi connectivity index (χ3n) is 2.57. The van der Waals surface area contributed by atoms with Gasteiger partial charge in [-0.1, -0.05) is 29.8 Å². The van der Waals surface area contributed by atoms with E-state index in [-0.39, 0.29) is 6.54 Å². The summed E-state index contributed by atoms with van der Waals surface area (Å²) in [6.07, 6.45) is -3.67. The lowest BCUT2D eigenvalue weighted by atomic mass is 10.2. The Kier molecular flexibility index (Phi) is 4.32. The van der Waals surface area contributed by atoms with Gasteiger partial charge in [-0.25, -0.2) is 8.78 Å². The second-order valence-electron chi connectivity index (χ2n) is 4.00. The van der Waals surface area contributed by atoms with Crippen molar-refractivity contribution >= 4 is 33.0 Å². The molecule has 0 aliphatic rings. The van der Waals surface area contributed by atoms with E-state index in [0.29, 0.717) is 9.90 Å². The molecule has 1 heterocycles. The molecule has 0 spiro atoms. The van der Waals surface area contributed by atoms with E-state index in [2.05, 4.69) is 5.32 Å². The van der Waals surface area contributed by atoms with Crippen LogP contribution in [0.25, 0.3) is 10.1 Å². The first-order chi connectivity index (χ1) is 8.92. The van der Waals surface area contributed by atoms with Gasteiger partial charge in [0.1, 0.15) is 0 Å². The van der Waals surface area contributed by atoms with E-state index in [1.807, 2.05) is 24.3 Å². The van der Waals surface area contributed by atoms with Crippen LogP contribution < -0.4 is 5.32 Å². The van der Waals surface area contributed by atoms with Crippen molar-refractivity contribution in [1.82, 2.24) is 5.32 Å². The predicted molar refractivity (Wildman–Crippen MR) is 69.5 cm³/mol. The standard InChI is InChI=1S/C12H10ClF4NS/c13-10-7-3-1-2-4-8(7)19-9(10)5-18-6-12(16,17)11(14)15/h1-4,11,18H,5-6H2. The molecule has 0 saturated carbocycles. The Morgan fingerprint density at radius 3 is 2.58 bits per heavy atom. The maximum atomic E-state index is 12.7. The van der Waals surface area contributed by atoms with Crippen LogP contribution in [0.3, 0.4) is 0 Å². The number of nitrogens with one attached hydrogen (secondary N) is 1. The van der Waals surface area contributed by atoms with Crippen molar-refractivity contribution < 1.29 is 17.6 Å². The normalized spacial score (nSPS) is 12.5. The van der Waals surface area contributed by atoms with Crippen molar-refractivity contribution in [1.29, 1.82) is 0 Å². The SMILES string of the molecule is FC(F)C(F)(F)CNCc1sc2ccccc2c1Cl. The van der Waals surface area contributed by atoms with Crippen LogP contribution in [0.4, 0.5) is 17.6 Å². The number of hydrogen-bond donors (Lipinski definition) is 1. The second kappa shape index (κ2) is 5.64. The summed E-state index contributed by atoms with van der Waals surface area (Å²) in [7, 11) is 0. The fourth-order valence-electron chi connectivity index (χ4n) is 1.60. The van der Waals surface area contributed by atoms with E-state index in [9.17, 15) is 17.6 Å². The van der Waals surface area contributed by atoms with Gasteiger partial charge in [0.25, 0.3) is 0 Å². The molecule has 0 aliphatic carbocycles. The molecular formula is C12H10ClF4NS. The molecule has 0 bridgehead atoms. The summed E-state index contributed by atoms with van der Waals surface area (Å²) in [6.45, 7) is -1.03. The molecule has 0 saturated heterocycles. The average molecular weight is 312 g/mol. The summed E-state index contributed by atoms with van der Waals surface area (Å²) in [5, 5.41) is 3.64. The molecule has 0 fully saturated rings. The van der Waals surface area contributed by atoms with Gasteiger partial charge in [0.05, 0.1) is 11.6 Å². The maximum absolute atomic E-state index is 12.7. The van der Waals surface area contributed by atoms with Crippen LogP contribution in [-0.4, -0.2) is 18.9 Å². The Balaban J connectivity index is 2.04. The Morgan fingerprint density at radius 2 is 1.95 bits per heavy atom. The summed E-state index contributed by atoms with van der Waals surface area (Å²) in [5.41, 5.74) is 0. The zero-order valence-electron chi connectivity index (χ0n) is 9.60. The van der Waals surface area contributed by atoms with Crippen LogP contribution in [0.2, 0.25) is 5.02 Å². The Hall–Kier alpha value is -0.850. The zero-order valence-corrected chi connectivity index (χ0v) is 11.2. The molecule has 1 aromatic carbocycles. The fraction of sp³-hybridized carbons (Fsp3) is 0.333. The fourth-order valence-corrected chi connectivity index (χ4v) is 3.07. The largest absolute Gasteiger partial charge is 0.319 e. The number of hydrogen-bond acceptors (Lipinski definition) is 2. The van der Waals surface area contributed by atoms with Gasteiger partial charge in [-0.2, -0.15) is 8.78 Å². The summed E-state index contributed by atoms with van der Waals surface area (Å²) in [5.74, 6) is -4.02. The number of alkyl halides is 4. The van der Waals surface area contributed by atoms with E-state index in [1.54, 1.807) is 0 Å². The molecule has 0 amide bonds. The van der Waals surface area contributed by atoms with E-state index >= 15 is 0 Å². The zero-order chi connectivity index (χ0) is 14.0. The molecule has 1 nitrogen and oxygen atoms in total. The molecule has 2 aromatic rings. The topological polar surface area (TPSA) is 12.0 Å². The molecule has 0 aliphatic heterocycles. The number of thiophene rings is 1. The highest BCUT2D eigenvalue weighted by molar-refractivity contribution is 7.19. The number of halogens is 5. The van der Waals surface area contributed by atoms with Crippen LogP contribution in [-0.2, 0) is 6.54 Å². The van der Waals surface area contributed by atoms with Crippen LogP contribution in [0.5, 0.6) is 0 Å². The number of benzene rings is 1. The monoisotopic (exact) mass is 311 g/mol. The van der Waals surface area contributed by atoms with Crippen LogP contribution >= 0.6 is 22.9 Å². The lowest BCUT2D eigenvalue weighted by molar-refractivity contribution is -0.125. The molecule has 104 valence electrons. The second-order valence-corrected chi connectivity index (χ2v) is 5.52. The minimum atomic E-state index is -4.02. The molecule has 7 heteroatoms. The molecule has 0 atom stereocenters. The molecule has 0 unspecified atom stereocenters. The number of fused-ring (bicyclic) bond motifs is 1. The maximum Gasteiger partial charge on any atom is 0.319 e. The molecule has 19 heavy (non-hydrogen) atoms. The van der Waals surface area contributed by atoms with Gasteiger partial charge in [0.15, 0.2) is 0 Å². The minimum Gasteiger partial charge on any atom is -0.306 e. The van der Waals surface area contributed by atoms with E-state index in [1.165, 1.54) is 11.3 Å². The molecule has 0 radical (unpaired) electrons. The van der Waals surface area contributed by atoms with Gasteiger partial charge >= 0.3 is 12.3 Å². The van der Waals surface area contributed by atoms with Crippen molar-refractivity contribution in [2.24, 2.45) is 0 Å². The van der Waals surface area contributed by atoms with Gasteiger partial charge in [-0.15, -0.1) is 11.3 Å². The third-order valence-corrected chi connectivity index (χ3v) is 4.28. The first-order valence-corrected chi connectivity index (χ1v) is 6.64. The lowest BCUT2D eigenvalue weighted by Crippen LogP contribution is -2.38. The Bertz CT molecular complexity index is 570. The van der Waals surface area contributed by atoms with Gasteiger partial charge in [-0.05, 0) is 6.07 Å². The minimum absolute atomic E-state index is 0.0422. The lowest BCUT2D eigenvalue weighted by Gasteiger charge is -2.15. The highest BCUT2D eigenvalue weighted by Gasteiger charge is 2.40. The highest BCUT2D eigenvalue weighted by Crippen LogP contribution is 2.35. The van der Waals surface area contributed by atoms with E-state index in [0.717, 1.165) is 10.1 Å². The van der Waals surface area contributed by atoms with Crippen molar-refractivity contribution in [3.63, 3.8) is 0 Å². The Labute approximate surface area is 116 Å². The molecule has 1 aromatic heterocycles. The summed E-state index contributed by atoms with van der Waals surface area (Å²) in [4.78, 5) is 0.660. The van der Waals surface area contributed by atoms with Crippen molar-refractivity contribution in [3.8, 4) is 0 Å². The number of rotatable bonds is 5. The Morgan fingerprint density at radius 1 is 1.26 bits per heavy atom. The van der Waals surface area contributed by atoms with Crippen LogP contribution in [0.1, 0.15) is 4.88 Å². The first-order valence-electron chi connectivity index (χ1n) is 5.44. The first kappa shape index (κ1) is 14.6. The van der Waals surface area contributed by atoms with Gasteiger partial charge in [-0.3, -0.25) is 0 Å². The van der Waals surface area contributed by atoms with E-state index < -0.39 is 18.9 Å². The van der Waals surface area contributed by atoms with Gasteiger partial charge in [0, 0.05) is 21.5 Å². The van der Waals surface area contributed by atoms with Crippen molar-refractivity contribution in [2.75, 3.05) is 6.54 Å². The average Bonchev–Trinajstić information content (AvgIpc) is 2.67. The van der Waals surface area contributed by atoms with E-state index in [4.69, 9.17) is 11.6 Å².